The number of fused-ring (bicyclic) bond motifs is 4. The molecule has 1 unspecified atom stereocenters. The largest absolute Gasteiger partial charge is 0.449 e. The lowest BCUT2D eigenvalue weighted by Crippen LogP contribution is -2.28. The van der Waals surface area contributed by atoms with Gasteiger partial charge in [0.2, 0.25) is 0 Å². The third kappa shape index (κ3) is 9.61. The van der Waals surface area contributed by atoms with Crippen LogP contribution >= 0.6 is 0 Å². The van der Waals surface area contributed by atoms with Crippen LogP contribution in [0.5, 0.6) is 11.5 Å². The number of aryl methyl sites for hydroxylation is 1. The maximum absolute atomic E-state index is 12.8. The number of hydrogen-bond acceptors (Lipinski definition) is 10. The van der Waals surface area contributed by atoms with Gasteiger partial charge in [-0.1, -0.05) is 53.6 Å². The smallest absolute Gasteiger partial charge is 0.408 e. The number of ether oxygens (including phenoxy) is 7. The zero-order valence-electron chi connectivity index (χ0n) is 26.9. The van der Waals surface area contributed by atoms with Crippen LogP contribution in [0.1, 0.15) is 41.5 Å². The van der Waals surface area contributed by atoms with E-state index in [4.69, 9.17) is 38.7 Å². The minimum atomic E-state index is -1.14. The highest BCUT2D eigenvalue weighted by molar-refractivity contribution is 5.79. The lowest BCUT2D eigenvalue weighted by molar-refractivity contribution is -0.192. The van der Waals surface area contributed by atoms with Gasteiger partial charge in [-0.15, -0.1) is 0 Å². The minimum Gasteiger partial charge on any atom is -0.449 e. The SMILES string of the molecule is CC(=O)OC1Oc2cc(CCCOCCOCCOCCN=[N+]=[N-])c(CCNC(=O)OCC3c4ccccc4-c4ccccc43)cc2O1. The molecule has 2 aliphatic rings. The Morgan fingerprint density at radius 2 is 1.42 bits per heavy atom. The molecule has 1 atom stereocenters. The molecule has 13 nitrogen and oxygen atoms in total. The van der Waals surface area contributed by atoms with Gasteiger partial charge in [0.15, 0.2) is 11.5 Å². The Bertz CT molecular complexity index is 1550. The van der Waals surface area contributed by atoms with E-state index in [1.54, 1.807) is 0 Å². The van der Waals surface area contributed by atoms with Gasteiger partial charge in [-0.05, 0) is 70.3 Å². The molecule has 1 N–H and O–H groups in total. The summed E-state index contributed by atoms with van der Waals surface area (Å²) in [6.45, 7) is 3.65. The molecule has 0 saturated carbocycles. The van der Waals surface area contributed by atoms with E-state index in [9.17, 15) is 9.59 Å². The highest BCUT2D eigenvalue weighted by Gasteiger charge is 2.30. The molecule has 1 heterocycles. The summed E-state index contributed by atoms with van der Waals surface area (Å²) < 4.78 is 38.6. The van der Waals surface area contributed by atoms with E-state index in [0.717, 1.165) is 28.7 Å². The van der Waals surface area contributed by atoms with Crippen molar-refractivity contribution in [2.24, 2.45) is 5.11 Å². The van der Waals surface area contributed by atoms with E-state index >= 15 is 0 Å². The van der Waals surface area contributed by atoms with Crippen molar-refractivity contribution in [1.29, 1.82) is 0 Å². The molecule has 0 radical (unpaired) electrons. The van der Waals surface area contributed by atoms with Crippen molar-refractivity contribution in [1.82, 2.24) is 5.32 Å². The summed E-state index contributed by atoms with van der Waals surface area (Å²) in [4.78, 5) is 26.9. The zero-order chi connectivity index (χ0) is 33.6. The Morgan fingerprint density at radius 3 is 2.04 bits per heavy atom. The predicted molar refractivity (Wildman–Crippen MR) is 175 cm³/mol. The van der Waals surface area contributed by atoms with Gasteiger partial charge in [0, 0.05) is 37.4 Å². The topological polar surface area (TPSA) is 160 Å². The number of esters is 1. The fourth-order valence-electron chi connectivity index (χ4n) is 5.71. The van der Waals surface area contributed by atoms with E-state index in [0.29, 0.717) is 77.1 Å². The van der Waals surface area contributed by atoms with Gasteiger partial charge in [0.1, 0.15) is 6.61 Å². The quantitative estimate of drug-likeness (QED) is 0.0561. The molecule has 3 aromatic carbocycles. The van der Waals surface area contributed by atoms with Crippen LogP contribution in [0, 0.1) is 0 Å². The monoisotopic (exact) mass is 660 g/mol. The number of hydrogen-bond donors (Lipinski definition) is 1. The number of nitrogens with one attached hydrogen (secondary N) is 1. The first kappa shape index (κ1) is 34.5. The van der Waals surface area contributed by atoms with Gasteiger partial charge < -0.3 is 38.5 Å². The molecule has 0 aromatic heterocycles. The van der Waals surface area contributed by atoms with Gasteiger partial charge >= 0.3 is 18.5 Å². The van der Waals surface area contributed by atoms with Crippen LogP contribution in [0.4, 0.5) is 4.79 Å². The molecule has 3 aromatic rings. The van der Waals surface area contributed by atoms with Crippen LogP contribution < -0.4 is 14.8 Å². The summed E-state index contributed by atoms with van der Waals surface area (Å²) in [5.74, 6) is 0.425. The second kappa shape index (κ2) is 17.9. The fraction of sp³-hybridized carbons (Fsp3) is 0.429. The predicted octanol–water partition coefficient (Wildman–Crippen LogP) is 5.68. The van der Waals surface area contributed by atoms with Gasteiger partial charge in [0.25, 0.3) is 0 Å². The number of rotatable bonds is 19. The number of benzene rings is 3. The summed E-state index contributed by atoms with van der Waals surface area (Å²) >= 11 is 0. The lowest BCUT2D eigenvalue weighted by atomic mass is 9.98. The second-order valence-corrected chi connectivity index (χ2v) is 11.1. The number of azide groups is 1. The maximum Gasteiger partial charge on any atom is 0.408 e. The molecule has 1 amide bonds. The van der Waals surface area contributed by atoms with Crippen LogP contribution in [-0.4, -0.2) is 77.9 Å². The molecule has 0 fully saturated rings. The molecular formula is C35H40N4O9. The second-order valence-electron chi connectivity index (χ2n) is 11.1. The molecule has 0 bridgehead atoms. The van der Waals surface area contributed by atoms with Gasteiger partial charge in [-0.25, -0.2) is 4.79 Å². The maximum atomic E-state index is 12.8. The van der Waals surface area contributed by atoms with Crippen molar-refractivity contribution in [2.45, 2.75) is 38.6 Å². The van der Waals surface area contributed by atoms with Crippen LogP contribution in [0.3, 0.4) is 0 Å². The first-order chi connectivity index (χ1) is 23.5. The normalized spacial score (nSPS) is 14.1. The van der Waals surface area contributed by atoms with E-state index in [2.05, 4.69) is 39.6 Å². The number of carbonyl (C=O) groups is 2. The lowest BCUT2D eigenvalue weighted by Gasteiger charge is -2.15. The molecule has 5 rings (SSSR count). The Morgan fingerprint density at radius 1 is 0.833 bits per heavy atom. The van der Waals surface area contributed by atoms with E-state index < -0.39 is 18.5 Å². The van der Waals surface area contributed by atoms with Gasteiger partial charge in [0.05, 0.1) is 33.0 Å². The molecule has 0 spiro atoms. The summed E-state index contributed by atoms with van der Waals surface area (Å²) in [6.07, 6.45) is 1.47. The highest BCUT2D eigenvalue weighted by atomic mass is 16.9. The Balaban J connectivity index is 1.08. The summed E-state index contributed by atoms with van der Waals surface area (Å²) in [5.41, 5.74) is 14.9. The zero-order valence-corrected chi connectivity index (χ0v) is 26.9. The standard InChI is InChI=1S/C35H40N4O9/c1-24(40)46-35-47-32-21-25(7-6-15-42-17-19-44-20-18-43-16-14-38-39-36)26(22-33(32)48-35)12-13-37-34(41)45-23-31-29-10-4-2-8-27(29)28-9-3-5-11-30(28)31/h2-5,8-11,21-22,31,35H,6-7,12-20,23H2,1H3,(H,37,41). The Kier molecular flexibility index (Phi) is 12.9. The van der Waals surface area contributed by atoms with E-state index in [1.165, 1.54) is 18.1 Å². The third-order valence-corrected chi connectivity index (χ3v) is 7.86. The average molecular weight is 661 g/mol. The van der Waals surface area contributed by atoms with Crippen LogP contribution in [-0.2, 0) is 41.3 Å². The Labute approximate surface area is 279 Å². The average Bonchev–Trinajstić information content (AvgIpc) is 3.62. The van der Waals surface area contributed by atoms with Crippen LogP contribution in [0.25, 0.3) is 21.6 Å². The van der Waals surface area contributed by atoms with Crippen LogP contribution in [0.2, 0.25) is 0 Å². The highest BCUT2D eigenvalue weighted by Crippen LogP contribution is 2.44. The van der Waals surface area contributed by atoms with E-state index in [1.807, 2.05) is 36.4 Å². The van der Waals surface area contributed by atoms with Crippen molar-refractivity contribution >= 4 is 12.1 Å². The Hall–Kier alpha value is -4.81. The van der Waals surface area contributed by atoms with Crippen molar-refractivity contribution in [2.75, 3.05) is 59.3 Å². The molecule has 1 aliphatic carbocycles. The van der Waals surface area contributed by atoms with E-state index in [-0.39, 0.29) is 12.5 Å². The molecular weight excluding hydrogens is 620 g/mol. The van der Waals surface area contributed by atoms with Crippen LogP contribution in [0.15, 0.2) is 65.8 Å². The fourth-order valence-corrected chi connectivity index (χ4v) is 5.71. The third-order valence-electron chi connectivity index (χ3n) is 7.86. The van der Waals surface area contributed by atoms with Crippen molar-refractivity contribution in [3.8, 4) is 22.6 Å². The number of carbonyl (C=O) groups excluding carboxylic acids is 2. The summed E-state index contributed by atoms with van der Waals surface area (Å²) in [7, 11) is 0. The molecule has 0 saturated heterocycles. The van der Waals surface area contributed by atoms with Gasteiger partial charge in [-0.3, -0.25) is 4.79 Å². The van der Waals surface area contributed by atoms with Crippen molar-refractivity contribution < 1.29 is 42.7 Å². The first-order valence-corrected chi connectivity index (χ1v) is 16.0. The van der Waals surface area contributed by atoms with Crippen molar-refractivity contribution in [3.05, 3.63) is 93.4 Å². The number of alkyl carbamates (subject to hydrolysis) is 1. The number of amides is 1. The van der Waals surface area contributed by atoms with Crippen molar-refractivity contribution in [3.63, 3.8) is 0 Å². The number of nitrogens with zero attached hydrogens (tertiary/aromatic N) is 3. The van der Waals surface area contributed by atoms with Gasteiger partial charge in [-0.2, -0.15) is 0 Å². The summed E-state index contributed by atoms with van der Waals surface area (Å²) in [5, 5.41) is 6.28. The summed E-state index contributed by atoms with van der Waals surface area (Å²) in [6, 6.07) is 20.2. The minimum absolute atomic E-state index is 0.0158. The molecule has 48 heavy (non-hydrogen) atoms. The molecule has 13 heteroatoms. The molecule has 254 valence electrons. The molecule has 1 aliphatic heterocycles. The first-order valence-electron chi connectivity index (χ1n) is 16.0.